The molecule has 100 valence electrons. The summed E-state index contributed by atoms with van der Waals surface area (Å²) in [6, 6.07) is 3.37. The van der Waals surface area contributed by atoms with E-state index in [9.17, 15) is 0 Å². The van der Waals surface area contributed by atoms with Crippen molar-refractivity contribution in [1.82, 2.24) is 5.32 Å². The summed E-state index contributed by atoms with van der Waals surface area (Å²) in [7, 11) is 0. The lowest BCUT2D eigenvalue weighted by Crippen LogP contribution is -2.67. The summed E-state index contributed by atoms with van der Waals surface area (Å²) in [5.41, 5.74) is 1.90. The van der Waals surface area contributed by atoms with Gasteiger partial charge >= 0.3 is 0 Å². The maximum absolute atomic E-state index is 5.90. The van der Waals surface area contributed by atoms with Crippen molar-refractivity contribution in [3.8, 4) is 0 Å². The molecule has 3 rings (SSSR count). The van der Waals surface area contributed by atoms with E-state index < -0.39 is 0 Å². The van der Waals surface area contributed by atoms with Gasteiger partial charge in [-0.05, 0) is 55.5 Å². The Hall–Kier alpha value is -0.380. The van der Waals surface area contributed by atoms with Crippen LogP contribution in [0.5, 0.6) is 0 Å². The highest BCUT2D eigenvalue weighted by atomic mass is 32.1. The molecule has 0 aromatic carbocycles. The lowest BCUT2D eigenvalue weighted by Gasteiger charge is -2.61. The SMILES string of the molecule is CCOC1CC(NC(C)c2ccsc2)C12CCC2. The smallest absolute Gasteiger partial charge is 0.0661 e. The Balaban J connectivity index is 1.61. The first-order valence-electron chi connectivity index (χ1n) is 7.16. The molecule has 18 heavy (non-hydrogen) atoms. The molecule has 3 heteroatoms. The summed E-state index contributed by atoms with van der Waals surface area (Å²) in [5, 5.41) is 8.24. The second-order valence-electron chi connectivity index (χ2n) is 5.76. The Labute approximate surface area is 114 Å². The van der Waals surface area contributed by atoms with Gasteiger partial charge in [0.05, 0.1) is 6.10 Å². The normalized spacial score (nSPS) is 30.8. The van der Waals surface area contributed by atoms with E-state index in [2.05, 4.69) is 36.0 Å². The van der Waals surface area contributed by atoms with E-state index in [1.54, 1.807) is 11.3 Å². The third-order valence-corrected chi connectivity index (χ3v) is 5.63. The molecule has 2 aliphatic carbocycles. The van der Waals surface area contributed by atoms with Gasteiger partial charge in [0.2, 0.25) is 0 Å². The fourth-order valence-electron chi connectivity index (χ4n) is 3.59. The third kappa shape index (κ3) is 1.93. The highest BCUT2D eigenvalue weighted by Crippen LogP contribution is 2.57. The van der Waals surface area contributed by atoms with Gasteiger partial charge < -0.3 is 10.1 Å². The summed E-state index contributed by atoms with van der Waals surface area (Å²) in [6.45, 7) is 5.25. The predicted molar refractivity (Wildman–Crippen MR) is 76.0 cm³/mol. The van der Waals surface area contributed by atoms with Gasteiger partial charge in [-0.3, -0.25) is 0 Å². The van der Waals surface area contributed by atoms with Crippen LogP contribution in [0.1, 0.15) is 51.1 Å². The molecule has 1 heterocycles. The summed E-state index contributed by atoms with van der Waals surface area (Å²) in [6.07, 6.45) is 5.80. The molecule has 1 spiro atoms. The quantitative estimate of drug-likeness (QED) is 0.875. The fraction of sp³-hybridized carbons (Fsp3) is 0.733. The molecular formula is C15H23NOS. The van der Waals surface area contributed by atoms with Crippen LogP contribution in [0.2, 0.25) is 0 Å². The highest BCUT2D eigenvalue weighted by molar-refractivity contribution is 7.07. The van der Waals surface area contributed by atoms with Gasteiger partial charge in [0.15, 0.2) is 0 Å². The van der Waals surface area contributed by atoms with Gasteiger partial charge in [-0.2, -0.15) is 11.3 Å². The van der Waals surface area contributed by atoms with Crippen molar-refractivity contribution in [3.63, 3.8) is 0 Å². The van der Waals surface area contributed by atoms with Crippen molar-refractivity contribution in [1.29, 1.82) is 0 Å². The Morgan fingerprint density at radius 3 is 2.94 bits per heavy atom. The maximum Gasteiger partial charge on any atom is 0.0661 e. The van der Waals surface area contributed by atoms with E-state index >= 15 is 0 Å². The molecule has 1 aromatic heterocycles. The molecule has 0 saturated heterocycles. The van der Waals surface area contributed by atoms with Gasteiger partial charge in [-0.15, -0.1) is 0 Å². The van der Waals surface area contributed by atoms with Crippen LogP contribution in [0, 0.1) is 5.41 Å². The Morgan fingerprint density at radius 1 is 1.56 bits per heavy atom. The lowest BCUT2D eigenvalue weighted by molar-refractivity contribution is -0.174. The zero-order valence-corrected chi connectivity index (χ0v) is 12.1. The Bertz CT molecular complexity index is 385. The van der Waals surface area contributed by atoms with E-state index in [1.807, 2.05) is 0 Å². The molecule has 1 N–H and O–H groups in total. The molecule has 2 saturated carbocycles. The van der Waals surface area contributed by atoms with E-state index in [-0.39, 0.29) is 0 Å². The molecule has 2 nitrogen and oxygen atoms in total. The van der Waals surface area contributed by atoms with Crippen LogP contribution < -0.4 is 5.32 Å². The van der Waals surface area contributed by atoms with E-state index in [4.69, 9.17) is 4.74 Å². The number of thiophene rings is 1. The van der Waals surface area contributed by atoms with Crippen LogP contribution in [-0.4, -0.2) is 18.8 Å². The van der Waals surface area contributed by atoms with Crippen LogP contribution in [0.4, 0.5) is 0 Å². The molecule has 3 unspecified atom stereocenters. The van der Waals surface area contributed by atoms with Crippen LogP contribution in [-0.2, 0) is 4.74 Å². The van der Waals surface area contributed by atoms with Crippen molar-refractivity contribution in [2.75, 3.05) is 6.61 Å². The average Bonchev–Trinajstić information content (AvgIpc) is 2.78. The van der Waals surface area contributed by atoms with E-state index in [1.165, 1.54) is 31.2 Å². The molecule has 0 bridgehead atoms. The topological polar surface area (TPSA) is 21.3 Å². The first-order chi connectivity index (χ1) is 8.76. The monoisotopic (exact) mass is 265 g/mol. The summed E-state index contributed by atoms with van der Waals surface area (Å²) in [5.74, 6) is 0. The molecule has 2 aliphatic rings. The van der Waals surface area contributed by atoms with Gasteiger partial charge in [-0.1, -0.05) is 6.42 Å². The van der Waals surface area contributed by atoms with Crippen LogP contribution in [0.3, 0.4) is 0 Å². The van der Waals surface area contributed by atoms with Crippen molar-refractivity contribution in [3.05, 3.63) is 22.4 Å². The molecule has 2 fully saturated rings. The molecule has 0 radical (unpaired) electrons. The van der Waals surface area contributed by atoms with Gasteiger partial charge in [0.25, 0.3) is 0 Å². The zero-order valence-electron chi connectivity index (χ0n) is 11.3. The first-order valence-corrected chi connectivity index (χ1v) is 8.10. The number of rotatable bonds is 5. The van der Waals surface area contributed by atoms with Gasteiger partial charge in [-0.25, -0.2) is 0 Å². The van der Waals surface area contributed by atoms with Crippen molar-refractivity contribution < 1.29 is 4.74 Å². The minimum Gasteiger partial charge on any atom is -0.378 e. The molecular weight excluding hydrogens is 242 g/mol. The second-order valence-corrected chi connectivity index (χ2v) is 6.54. The molecule has 1 aromatic rings. The molecule has 3 atom stereocenters. The highest BCUT2D eigenvalue weighted by Gasteiger charge is 2.58. The Morgan fingerprint density at radius 2 is 2.39 bits per heavy atom. The van der Waals surface area contributed by atoms with Gasteiger partial charge in [0, 0.05) is 24.1 Å². The van der Waals surface area contributed by atoms with Gasteiger partial charge in [0.1, 0.15) is 0 Å². The average molecular weight is 265 g/mol. The number of hydrogen-bond acceptors (Lipinski definition) is 3. The van der Waals surface area contributed by atoms with Crippen molar-refractivity contribution >= 4 is 11.3 Å². The number of ether oxygens (including phenoxy) is 1. The molecule has 0 aliphatic heterocycles. The first kappa shape index (κ1) is 12.6. The summed E-state index contributed by atoms with van der Waals surface area (Å²) < 4.78 is 5.90. The van der Waals surface area contributed by atoms with Crippen LogP contribution in [0.25, 0.3) is 0 Å². The summed E-state index contributed by atoms with van der Waals surface area (Å²) in [4.78, 5) is 0. The largest absolute Gasteiger partial charge is 0.378 e. The second kappa shape index (κ2) is 4.95. The molecule has 0 amide bonds. The van der Waals surface area contributed by atoms with Crippen molar-refractivity contribution in [2.45, 2.75) is 57.7 Å². The van der Waals surface area contributed by atoms with E-state index in [0.29, 0.717) is 23.6 Å². The minimum absolute atomic E-state index is 0.473. The zero-order chi connectivity index (χ0) is 12.6. The van der Waals surface area contributed by atoms with E-state index in [0.717, 1.165) is 6.61 Å². The minimum atomic E-state index is 0.473. The van der Waals surface area contributed by atoms with Crippen molar-refractivity contribution in [2.24, 2.45) is 5.41 Å². The maximum atomic E-state index is 5.90. The fourth-order valence-corrected chi connectivity index (χ4v) is 4.35. The number of hydrogen-bond donors (Lipinski definition) is 1. The third-order valence-electron chi connectivity index (χ3n) is 4.93. The standard InChI is InChI=1S/C15H23NOS/c1-3-17-14-9-13(15(14)6-4-7-15)16-11(2)12-5-8-18-10-12/h5,8,10-11,13-14,16H,3-4,6-7,9H2,1-2H3. The number of nitrogens with one attached hydrogen (secondary N) is 1. The van der Waals surface area contributed by atoms with Crippen LogP contribution >= 0.6 is 11.3 Å². The van der Waals surface area contributed by atoms with Crippen LogP contribution in [0.15, 0.2) is 16.8 Å². The summed E-state index contributed by atoms with van der Waals surface area (Å²) >= 11 is 1.78. The Kier molecular flexibility index (Phi) is 3.48. The lowest BCUT2D eigenvalue weighted by atomic mass is 9.51. The predicted octanol–water partition coefficient (Wildman–Crippen LogP) is 3.75.